The van der Waals surface area contributed by atoms with Crippen LogP contribution >= 0.6 is 24.0 Å². The van der Waals surface area contributed by atoms with Gasteiger partial charge in [-0.05, 0) is 11.8 Å². The highest BCUT2D eigenvalue weighted by molar-refractivity contribution is 14.0. The van der Waals surface area contributed by atoms with Gasteiger partial charge in [0.15, 0.2) is 5.96 Å². The molecule has 0 radical (unpaired) electrons. The van der Waals surface area contributed by atoms with Gasteiger partial charge in [0.05, 0.1) is 0 Å². The maximum Gasteiger partial charge on any atom is 0.219 e. The number of amides is 1. The Bertz CT molecular complexity index is 362. The first-order chi connectivity index (χ1) is 8.44. The number of hydrogen-bond donors (Lipinski definition) is 1. The Morgan fingerprint density at radius 1 is 1.21 bits per heavy atom. The average molecular weight is 380 g/mol. The Labute approximate surface area is 132 Å². The normalized spacial score (nSPS) is 25.7. The number of carbonyl (C=O) groups excluding carboxylic acids is 1. The summed E-state index contributed by atoms with van der Waals surface area (Å²) in [5.74, 6) is 1.15. The molecule has 1 saturated heterocycles. The van der Waals surface area contributed by atoms with E-state index in [-0.39, 0.29) is 29.9 Å². The first-order valence-corrected chi connectivity index (χ1v) is 6.68. The monoisotopic (exact) mass is 380 g/mol. The molecule has 1 heterocycles. The van der Waals surface area contributed by atoms with Gasteiger partial charge in [0.2, 0.25) is 5.91 Å². The molecule has 110 valence electrons. The van der Waals surface area contributed by atoms with Crippen molar-refractivity contribution in [2.75, 3.05) is 33.2 Å². The van der Waals surface area contributed by atoms with Crippen molar-refractivity contribution in [2.45, 2.75) is 33.2 Å². The molecule has 1 aliphatic carbocycles. The van der Waals surface area contributed by atoms with Gasteiger partial charge in [-0.15, -0.1) is 24.0 Å². The third-order valence-corrected chi connectivity index (χ3v) is 4.05. The fourth-order valence-corrected chi connectivity index (χ4v) is 2.40. The third kappa shape index (κ3) is 3.97. The number of halogens is 1. The minimum atomic E-state index is 0. The summed E-state index contributed by atoms with van der Waals surface area (Å²) < 4.78 is 0. The fourth-order valence-electron chi connectivity index (χ4n) is 2.40. The third-order valence-electron chi connectivity index (χ3n) is 4.05. The van der Waals surface area contributed by atoms with Gasteiger partial charge in [-0.1, -0.05) is 13.8 Å². The Balaban J connectivity index is 0.00000180. The fraction of sp³-hybridized carbons (Fsp3) is 0.846. The molecule has 0 aromatic rings. The minimum absolute atomic E-state index is 0. The van der Waals surface area contributed by atoms with Crippen molar-refractivity contribution in [3.05, 3.63) is 0 Å². The van der Waals surface area contributed by atoms with Gasteiger partial charge < -0.3 is 15.1 Å². The summed E-state index contributed by atoms with van der Waals surface area (Å²) in [6.07, 6.45) is 1.21. The smallest absolute Gasteiger partial charge is 0.219 e. The number of carbonyl (C=O) groups is 1. The van der Waals surface area contributed by atoms with Crippen LogP contribution < -0.4 is 5.32 Å². The molecule has 2 fully saturated rings. The molecule has 0 spiro atoms. The Kier molecular flexibility index (Phi) is 5.46. The average Bonchev–Trinajstić information content (AvgIpc) is 2.94. The number of hydrogen-bond acceptors (Lipinski definition) is 2. The van der Waals surface area contributed by atoms with Gasteiger partial charge in [0.25, 0.3) is 0 Å². The molecule has 0 bridgehead atoms. The van der Waals surface area contributed by atoms with E-state index in [0.29, 0.717) is 11.5 Å². The highest BCUT2D eigenvalue weighted by Crippen LogP contribution is 2.44. The van der Waals surface area contributed by atoms with Crippen molar-refractivity contribution >= 4 is 35.8 Å². The van der Waals surface area contributed by atoms with Crippen LogP contribution in [0.25, 0.3) is 0 Å². The second kappa shape index (κ2) is 6.28. The van der Waals surface area contributed by atoms with Crippen molar-refractivity contribution in [2.24, 2.45) is 10.4 Å². The summed E-state index contributed by atoms with van der Waals surface area (Å²) in [5, 5.41) is 3.52. The van der Waals surface area contributed by atoms with E-state index in [4.69, 9.17) is 0 Å². The SMILES string of the molecule is CN=C(NC1CC1(C)C)N1CCN(C(C)=O)CC1.I. The number of guanidine groups is 1. The number of piperazine rings is 1. The second-order valence-electron chi connectivity index (χ2n) is 5.93. The maximum atomic E-state index is 11.3. The van der Waals surface area contributed by atoms with Gasteiger partial charge in [-0.3, -0.25) is 9.79 Å². The molecule has 1 saturated carbocycles. The van der Waals surface area contributed by atoms with E-state index in [2.05, 4.69) is 29.1 Å². The summed E-state index contributed by atoms with van der Waals surface area (Å²) >= 11 is 0. The van der Waals surface area contributed by atoms with Crippen LogP contribution in [0, 0.1) is 5.41 Å². The van der Waals surface area contributed by atoms with Gasteiger partial charge in [-0.25, -0.2) is 0 Å². The minimum Gasteiger partial charge on any atom is -0.353 e. The van der Waals surface area contributed by atoms with Crippen molar-refractivity contribution in [1.29, 1.82) is 0 Å². The Morgan fingerprint density at radius 2 is 1.68 bits per heavy atom. The van der Waals surface area contributed by atoms with Crippen molar-refractivity contribution in [3.8, 4) is 0 Å². The zero-order valence-corrected chi connectivity index (χ0v) is 14.6. The van der Waals surface area contributed by atoms with Crippen LogP contribution in [0.4, 0.5) is 0 Å². The zero-order chi connectivity index (χ0) is 13.3. The maximum absolute atomic E-state index is 11.3. The lowest BCUT2D eigenvalue weighted by molar-refractivity contribution is -0.130. The lowest BCUT2D eigenvalue weighted by Gasteiger charge is -2.36. The summed E-state index contributed by atoms with van der Waals surface area (Å²) in [6.45, 7) is 9.50. The summed E-state index contributed by atoms with van der Waals surface area (Å²) in [7, 11) is 1.83. The Morgan fingerprint density at radius 3 is 2.05 bits per heavy atom. The summed E-state index contributed by atoms with van der Waals surface area (Å²) in [4.78, 5) is 19.8. The van der Waals surface area contributed by atoms with E-state index < -0.39 is 0 Å². The molecule has 0 aromatic carbocycles. The van der Waals surface area contributed by atoms with Crippen LogP contribution in [-0.2, 0) is 4.79 Å². The molecule has 1 amide bonds. The van der Waals surface area contributed by atoms with Crippen molar-refractivity contribution < 1.29 is 4.79 Å². The highest BCUT2D eigenvalue weighted by Gasteiger charge is 2.46. The first kappa shape index (κ1) is 16.5. The topological polar surface area (TPSA) is 47.9 Å². The number of aliphatic imine (C=N–C) groups is 1. The molecule has 1 atom stereocenters. The summed E-state index contributed by atoms with van der Waals surface area (Å²) in [6, 6.07) is 0.544. The molecule has 1 N–H and O–H groups in total. The number of nitrogens with one attached hydrogen (secondary N) is 1. The lowest BCUT2D eigenvalue weighted by Crippen LogP contribution is -2.54. The van der Waals surface area contributed by atoms with E-state index in [1.807, 2.05) is 11.9 Å². The Hall–Kier alpha value is -0.530. The predicted molar refractivity (Wildman–Crippen MR) is 87.9 cm³/mol. The standard InChI is InChI=1S/C13H24N4O.HI/c1-10(18)16-5-7-17(8-6-16)12(14-4)15-11-9-13(11,2)3;/h11H,5-9H2,1-4H3,(H,14,15);1H. The van der Waals surface area contributed by atoms with Gasteiger partial charge in [-0.2, -0.15) is 0 Å². The molecule has 1 unspecified atom stereocenters. The number of nitrogens with zero attached hydrogens (tertiary/aromatic N) is 3. The number of rotatable bonds is 1. The second-order valence-corrected chi connectivity index (χ2v) is 5.93. The van der Waals surface area contributed by atoms with Crippen LogP contribution in [0.2, 0.25) is 0 Å². The van der Waals surface area contributed by atoms with Crippen LogP contribution in [-0.4, -0.2) is 60.9 Å². The molecule has 6 heteroatoms. The molecule has 19 heavy (non-hydrogen) atoms. The predicted octanol–water partition coefficient (Wildman–Crippen LogP) is 1.14. The van der Waals surface area contributed by atoms with Crippen LogP contribution in [0.3, 0.4) is 0 Å². The van der Waals surface area contributed by atoms with Gasteiger partial charge in [0.1, 0.15) is 0 Å². The molecular weight excluding hydrogens is 355 g/mol. The van der Waals surface area contributed by atoms with E-state index in [0.717, 1.165) is 32.1 Å². The van der Waals surface area contributed by atoms with Crippen LogP contribution in [0.1, 0.15) is 27.2 Å². The van der Waals surface area contributed by atoms with Crippen LogP contribution in [0.5, 0.6) is 0 Å². The molecule has 5 nitrogen and oxygen atoms in total. The molecule has 2 aliphatic rings. The van der Waals surface area contributed by atoms with E-state index in [1.54, 1.807) is 6.92 Å². The van der Waals surface area contributed by atoms with E-state index in [9.17, 15) is 4.79 Å². The van der Waals surface area contributed by atoms with E-state index in [1.165, 1.54) is 6.42 Å². The largest absolute Gasteiger partial charge is 0.353 e. The van der Waals surface area contributed by atoms with Gasteiger partial charge >= 0.3 is 0 Å². The lowest BCUT2D eigenvalue weighted by atomic mass is 10.2. The molecule has 2 rings (SSSR count). The molecular formula is C13H25IN4O. The first-order valence-electron chi connectivity index (χ1n) is 6.68. The quantitative estimate of drug-likeness (QED) is 0.422. The van der Waals surface area contributed by atoms with E-state index >= 15 is 0 Å². The van der Waals surface area contributed by atoms with Crippen molar-refractivity contribution in [3.63, 3.8) is 0 Å². The molecule has 1 aliphatic heterocycles. The highest BCUT2D eigenvalue weighted by atomic mass is 127. The van der Waals surface area contributed by atoms with Crippen molar-refractivity contribution in [1.82, 2.24) is 15.1 Å². The van der Waals surface area contributed by atoms with Crippen LogP contribution in [0.15, 0.2) is 4.99 Å². The summed E-state index contributed by atoms with van der Waals surface area (Å²) in [5.41, 5.74) is 0.400. The van der Waals surface area contributed by atoms with Gasteiger partial charge in [0, 0.05) is 46.2 Å². The molecule has 0 aromatic heterocycles. The zero-order valence-electron chi connectivity index (χ0n) is 12.3.